The summed E-state index contributed by atoms with van der Waals surface area (Å²) in [6.07, 6.45) is 0.678. The summed E-state index contributed by atoms with van der Waals surface area (Å²) in [6, 6.07) is -5.09. The lowest BCUT2D eigenvalue weighted by molar-refractivity contribution is -0.144. The molecule has 158 valence electrons. The summed E-state index contributed by atoms with van der Waals surface area (Å²) in [5, 5.41) is 37.0. The molecule has 0 spiro atoms. The van der Waals surface area contributed by atoms with E-state index in [1.54, 1.807) is 0 Å². The quantitative estimate of drug-likeness (QED) is 0.165. The first-order valence-corrected chi connectivity index (χ1v) is 8.56. The summed E-state index contributed by atoms with van der Waals surface area (Å²) in [5.74, 6) is -5.03. The maximum atomic E-state index is 12.2. The van der Waals surface area contributed by atoms with Crippen LogP contribution in [0.15, 0.2) is 0 Å². The molecule has 4 amide bonds. The molecule has 28 heavy (non-hydrogen) atoms. The molecule has 13 heteroatoms. The molecule has 1 rings (SSSR count). The average molecular weight is 403 g/mol. The van der Waals surface area contributed by atoms with E-state index in [4.69, 9.17) is 10.8 Å². The number of amides is 4. The van der Waals surface area contributed by atoms with Gasteiger partial charge in [-0.1, -0.05) is 0 Å². The molecule has 0 saturated carbocycles. The fourth-order valence-corrected chi connectivity index (χ4v) is 2.51. The van der Waals surface area contributed by atoms with Gasteiger partial charge >= 0.3 is 5.97 Å². The number of carboxylic acids is 1. The first-order valence-electron chi connectivity index (χ1n) is 8.56. The molecule has 1 aliphatic rings. The van der Waals surface area contributed by atoms with Crippen molar-refractivity contribution in [1.29, 1.82) is 0 Å². The Hall–Kier alpha value is -2.77. The minimum atomic E-state index is -1.64. The number of carbonyl (C=O) groups is 5. The van der Waals surface area contributed by atoms with Gasteiger partial charge in [0.25, 0.3) is 0 Å². The Bertz CT molecular complexity index is 607. The van der Waals surface area contributed by atoms with Gasteiger partial charge < -0.3 is 42.3 Å². The fraction of sp³-hybridized carbons (Fsp3) is 0.667. The smallest absolute Gasteiger partial charge is 0.326 e. The molecule has 0 bridgehead atoms. The van der Waals surface area contributed by atoms with Gasteiger partial charge in [-0.05, 0) is 19.4 Å². The van der Waals surface area contributed by atoms with E-state index in [0.717, 1.165) is 6.42 Å². The monoisotopic (exact) mass is 403 g/mol. The third-order valence-corrected chi connectivity index (χ3v) is 4.03. The summed E-state index contributed by atoms with van der Waals surface area (Å²) in [5.41, 5.74) is 4.91. The molecule has 4 unspecified atom stereocenters. The summed E-state index contributed by atoms with van der Waals surface area (Å²) < 4.78 is 0. The highest BCUT2D eigenvalue weighted by Gasteiger charge is 2.31. The maximum absolute atomic E-state index is 12.2. The second kappa shape index (κ2) is 11.2. The highest BCUT2D eigenvalue weighted by Crippen LogP contribution is 2.05. The molecule has 13 nitrogen and oxygen atoms in total. The number of rotatable bonds is 11. The van der Waals surface area contributed by atoms with E-state index in [9.17, 15) is 34.2 Å². The minimum absolute atomic E-state index is 0.496. The molecule has 0 aliphatic carbocycles. The molecular weight excluding hydrogens is 378 g/mol. The number of hydrogen-bond donors (Lipinski definition) is 8. The normalized spacial score (nSPS) is 19.1. The van der Waals surface area contributed by atoms with Crippen LogP contribution < -0.4 is 27.0 Å². The van der Waals surface area contributed by atoms with E-state index in [2.05, 4.69) is 16.0 Å². The van der Waals surface area contributed by atoms with Gasteiger partial charge in [-0.25, -0.2) is 4.79 Å². The van der Waals surface area contributed by atoms with Gasteiger partial charge in [0.15, 0.2) is 0 Å². The van der Waals surface area contributed by atoms with E-state index in [1.165, 1.54) is 0 Å². The van der Waals surface area contributed by atoms with Crippen molar-refractivity contribution < 1.29 is 39.3 Å². The Kier molecular flexibility index (Phi) is 9.27. The second-order valence-electron chi connectivity index (χ2n) is 6.21. The van der Waals surface area contributed by atoms with Crippen molar-refractivity contribution in [3.63, 3.8) is 0 Å². The standard InChI is InChI=1S/C15H25N5O8/c16-11(23)4-8(15(27)28)18-13(25)9(5-21)20-14(26)10(6-22)19-12(24)7-2-1-3-17-7/h7-10,17,21-22H,1-6H2,(H2,16,23)(H,18,25)(H,19,24)(H,20,26)(H,27,28). The number of nitrogens with two attached hydrogens (primary N) is 1. The molecule has 1 aliphatic heterocycles. The summed E-state index contributed by atoms with van der Waals surface area (Å²) in [7, 11) is 0. The Labute approximate surface area is 160 Å². The van der Waals surface area contributed by atoms with Gasteiger partial charge in [0.1, 0.15) is 18.1 Å². The van der Waals surface area contributed by atoms with E-state index in [0.29, 0.717) is 13.0 Å². The molecule has 0 aromatic carbocycles. The van der Waals surface area contributed by atoms with E-state index in [-0.39, 0.29) is 0 Å². The number of carbonyl (C=O) groups excluding carboxylic acids is 4. The highest BCUT2D eigenvalue weighted by atomic mass is 16.4. The van der Waals surface area contributed by atoms with Gasteiger partial charge in [-0.3, -0.25) is 19.2 Å². The molecule has 0 aromatic heterocycles. The Morgan fingerprint density at radius 1 is 0.964 bits per heavy atom. The Morgan fingerprint density at radius 3 is 1.93 bits per heavy atom. The van der Waals surface area contributed by atoms with Crippen LogP contribution >= 0.6 is 0 Å². The van der Waals surface area contributed by atoms with Crippen molar-refractivity contribution >= 4 is 29.6 Å². The number of primary amides is 1. The third-order valence-electron chi connectivity index (χ3n) is 4.03. The Morgan fingerprint density at radius 2 is 1.50 bits per heavy atom. The Balaban J connectivity index is 2.67. The van der Waals surface area contributed by atoms with Crippen molar-refractivity contribution in [3.05, 3.63) is 0 Å². The van der Waals surface area contributed by atoms with E-state index >= 15 is 0 Å². The average Bonchev–Trinajstić information content (AvgIpc) is 3.17. The number of hydrogen-bond acceptors (Lipinski definition) is 8. The van der Waals surface area contributed by atoms with Crippen LogP contribution in [0.5, 0.6) is 0 Å². The fourth-order valence-electron chi connectivity index (χ4n) is 2.51. The topological polar surface area (TPSA) is 220 Å². The van der Waals surface area contributed by atoms with Crippen LogP contribution in [0.25, 0.3) is 0 Å². The van der Waals surface area contributed by atoms with Gasteiger partial charge in [0, 0.05) is 0 Å². The van der Waals surface area contributed by atoms with Crippen LogP contribution in [0.4, 0.5) is 0 Å². The predicted octanol–water partition coefficient (Wildman–Crippen LogP) is -4.86. The van der Waals surface area contributed by atoms with Crippen molar-refractivity contribution in [2.24, 2.45) is 5.73 Å². The minimum Gasteiger partial charge on any atom is -0.480 e. The lowest BCUT2D eigenvalue weighted by Crippen LogP contribution is -2.59. The second-order valence-corrected chi connectivity index (χ2v) is 6.21. The predicted molar refractivity (Wildman–Crippen MR) is 92.4 cm³/mol. The van der Waals surface area contributed by atoms with E-state index in [1.807, 2.05) is 5.32 Å². The zero-order valence-electron chi connectivity index (χ0n) is 15.0. The highest BCUT2D eigenvalue weighted by molar-refractivity contribution is 5.95. The van der Waals surface area contributed by atoms with Crippen molar-refractivity contribution in [2.45, 2.75) is 43.4 Å². The molecule has 1 saturated heterocycles. The van der Waals surface area contributed by atoms with Gasteiger partial charge in [-0.2, -0.15) is 0 Å². The van der Waals surface area contributed by atoms with Crippen LogP contribution in [0.2, 0.25) is 0 Å². The van der Waals surface area contributed by atoms with Crippen LogP contribution in [0.3, 0.4) is 0 Å². The van der Waals surface area contributed by atoms with Gasteiger partial charge in [-0.15, -0.1) is 0 Å². The number of aliphatic hydroxyl groups excluding tert-OH is 2. The molecule has 0 radical (unpaired) electrons. The van der Waals surface area contributed by atoms with Gasteiger partial charge in [0.05, 0.1) is 25.7 Å². The van der Waals surface area contributed by atoms with Gasteiger partial charge in [0.2, 0.25) is 23.6 Å². The zero-order valence-corrected chi connectivity index (χ0v) is 15.0. The molecule has 0 aromatic rings. The van der Waals surface area contributed by atoms with E-state index < -0.39 is 73.4 Å². The largest absolute Gasteiger partial charge is 0.480 e. The summed E-state index contributed by atoms with van der Waals surface area (Å²) in [6.45, 7) is -1.00. The first-order chi connectivity index (χ1) is 13.2. The number of nitrogens with one attached hydrogen (secondary N) is 4. The van der Waals surface area contributed by atoms with Crippen LogP contribution in [-0.4, -0.2) is 88.8 Å². The van der Waals surface area contributed by atoms with Crippen molar-refractivity contribution in [3.8, 4) is 0 Å². The lowest BCUT2D eigenvalue weighted by Gasteiger charge is -2.23. The molecule has 9 N–H and O–H groups in total. The SMILES string of the molecule is NC(=O)CC(NC(=O)C(CO)NC(=O)C(CO)NC(=O)C1CCCN1)C(=O)O. The molecule has 1 fully saturated rings. The number of carboxylic acid groups (broad SMARTS) is 1. The third kappa shape index (κ3) is 7.09. The maximum Gasteiger partial charge on any atom is 0.326 e. The summed E-state index contributed by atoms with van der Waals surface area (Å²) >= 11 is 0. The zero-order chi connectivity index (χ0) is 21.3. The first kappa shape index (κ1) is 23.3. The van der Waals surface area contributed by atoms with Crippen LogP contribution in [0, 0.1) is 0 Å². The van der Waals surface area contributed by atoms with Crippen molar-refractivity contribution in [1.82, 2.24) is 21.3 Å². The van der Waals surface area contributed by atoms with Crippen LogP contribution in [0.1, 0.15) is 19.3 Å². The molecule has 4 atom stereocenters. The molecule has 1 heterocycles. The number of aliphatic carboxylic acids is 1. The molecular formula is C15H25N5O8. The number of aliphatic hydroxyl groups is 2. The lowest BCUT2D eigenvalue weighted by atomic mass is 10.1. The van der Waals surface area contributed by atoms with Crippen LogP contribution in [-0.2, 0) is 24.0 Å². The van der Waals surface area contributed by atoms with Crippen molar-refractivity contribution in [2.75, 3.05) is 19.8 Å². The summed E-state index contributed by atoms with van der Waals surface area (Å²) in [4.78, 5) is 58.2.